The summed E-state index contributed by atoms with van der Waals surface area (Å²) in [6, 6.07) is 4.06. The van der Waals surface area contributed by atoms with Crippen LogP contribution in [0, 0.1) is 6.92 Å². The molecule has 2 N–H and O–H groups in total. The summed E-state index contributed by atoms with van der Waals surface area (Å²) in [5.74, 6) is -0.585. The van der Waals surface area contributed by atoms with Crippen LogP contribution in [0.1, 0.15) is 15.9 Å². The lowest BCUT2D eigenvalue weighted by Gasteiger charge is -2.05. The minimum absolute atomic E-state index is 0.103. The van der Waals surface area contributed by atoms with Crippen molar-refractivity contribution >= 4 is 16.0 Å². The number of benzene rings is 1. The van der Waals surface area contributed by atoms with Gasteiger partial charge in [-0.15, -0.1) is 0 Å². The molecule has 0 aromatic heterocycles. The van der Waals surface area contributed by atoms with Crippen LogP contribution in [-0.2, 0) is 14.8 Å². The van der Waals surface area contributed by atoms with E-state index in [2.05, 4.69) is 4.74 Å². The van der Waals surface area contributed by atoms with Gasteiger partial charge < -0.3 is 4.74 Å². The second-order valence-electron chi connectivity index (χ2n) is 3.01. The van der Waals surface area contributed by atoms with Crippen LogP contribution in [-0.4, -0.2) is 21.5 Å². The second-order valence-corrected chi connectivity index (χ2v) is 4.57. The number of methoxy groups -OCH3 is 1. The fourth-order valence-electron chi connectivity index (χ4n) is 1.11. The fourth-order valence-corrected chi connectivity index (χ4v) is 1.65. The first-order valence-electron chi connectivity index (χ1n) is 4.08. The molecular formula is C9H11NO4S. The van der Waals surface area contributed by atoms with Crippen molar-refractivity contribution in [3.8, 4) is 0 Å². The third-order valence-corrected chi connectivity index (χ3v) is 2.85. The fraction of sp³-hybridized carbons (Fsp3) is 0.222. The quantitative estimate of drug-likeness (QED) is 0.745. The normalized spacial score (nSPS) is 11.1. The van der Waals surface area contributed by atoms with Gasteiger partial charge in [-0.25, -0.2) is 18.4 Å². The number of aryl methyl sites for hydroxylation is 1. The van der Waals surface area contributed by atoms with Gasteiger partial charge in [0.2, 0.25) is 10.0 Å². The number of carbonyl (C=O) groups excluding carboxylic acids is 1. The lowest BCUT2D eigenvalue weighted by Crippen LogP contribution is -2.14. The third-order valence-electron chi connectivity index (χ3n) is 1.94. The molecule has 82 valence electrons. The predicted octanol–water partition coefficient (Wildman–Crippen LogP) is 0.429. The van der Waals surface area contributed by atoms with Gasteiger partial charge in [-0.05, 0) is 24.6 Å². The minimum atomic E-state index is -3.79. The van der Waals surface area contributed by atoms with E-state index in [0.717, 1.165) is 0 Å². The maximum Gasteiger partial charge on any atom is 0.338 e. The summed E-state index contributed by atoms with van der Waals surface area (Å²) in [5, 5.41) is 4.94. The van der Waals surface area contributed by atoms with Gasteiger partial charge >= 0.3 is 5.97 Å². The Labute approximate surface area is 87.9 Å². The number of nitrogens with two attached hydrogens (primary N) is 1. The summed E-state index contributed by atoms with van der Waals surface area (Å²) in [7, 11) is -2.56. The van der Waals surface area contributed by atoms with Crippen molar-refractivity contribution in [2.24, 2.45) is 5.14 Å². The molecule has 0 amide bonds. The molecule has 0 saturated heterocycles. The molecule has 1 rings (SSSR count). The Morgan fingerprint density at radius 3 is 2.47 bits per heavy atom. The number of sulfonamides is 1. The monoisotopic (exact) mass is 229 g/mol. The summed E-state index contributed by atoms with van der Waals surface area (Å²) in [4.78, 5) is 11.2. The van der Waals surface area contributed by atoms with Gasteiger partial charge in [-0.1, -0.05) is 6.07 Å². The van der Waals surface area contributed by atoms with Crippen molar-refractivity contribution in [2.45, 2.75) is 11.8 Å². The van der Waals surface area contributed by atoms with Crippen LogP contribution in [0.15, 0.2) is 23.1 Å². The van der Waals surface area contributed by atoms with Gasteiger partial charge in [0.15, 0.2) is 0 Å². The highest BCUT2D eigenvalue weighted by Crippen LogP contribution is 2.15. The van der Waals surface area contributed by atoms with E-state index in [1.54, 1.807) is 6.92 Å². The highest BCUT2D eigenvalue weighted by molar-refractivity contribution is 7.89. The Bertz CT molecular complexity index is 493. The van der Waals surface area contributed by atoms with E-state index in [-0.39, 0.29) is 10.5 Å². The zero-order valence-corrected chi connectivity index (χ0v) is 9.17. The van der Waals surface area contributed by atoms with E-state index < -0.39 is 16.0 Å². The molecule has 0 aliphatic rings. The first kappa shape index (κ1) is 11.7. The Morgan fingerprint density at radius 1 is 1.40 bits per heavy atom. The lowest BCUT2D eigenvalue weighted by atomic mass is 10.1. The highest BCUT2D eigenvalue weighted by Gasteiger charge is 2.14. The number of esters is 1. The van der Waals surface area contributed by atoms with Crippen LogP contribution in [0.3, 0.4) is 0 Å². The summed E-state index contributed by atoms with van der Waals surface area (Å²) >= 11 is 0. The first-order chi connectivity index (χ1) is 6.86. The Hall–Kier alpha value is -1.40. The summed E-state index contributed by atoms with van der Waals surface area (Å²) in [6.07, 6.45) is 0. The van der Waals surface area contributed by atoms with Crippen molar-refractivity contribution in [1.82, 2.24) is 0 Å². The van der Waals surface area contributed by atoms with Crippen LogP contribution in [0.4, 0.5) is 0 Å². The Kier molecular flexibility index (Phi) is 3.11. The largest absolute Gasteiger partial charge is 0.465 e. The third kappa shape index (κ3) is 2.54. The van der Waals surface area contributed by atoms with Crippen molar-refractivity contribution in [2.75, 3.05) is 7.11 Å². The molecule has 0 fully saturated rings. The molecule has 0 bridgehead atoms. The smallest absolute Gasteiger partial charge is 0.338 e. The number of carbonyl (C=O) groups is 1. The number of rotatable bonds is 2. The zero-order valence-electron chi connectivity index (χ0n) is 8.35. The maximum atomic E-state index is 11.3. The van der Waals surface area contributed by atoms with Crippen molar-refractivity contribution in [1.29, 1.82) is 0 Å². The molecule has 15 heavy (non-hydrogen) atoms. The van der Waals surface area contributed by atoms with Gasteiger partial charge in [0, 0.05) is 0 Å². The van der Waals surface area contributed by atoms with Crippen molar-refractivity contribution in [3.63, 3.8) is 0 Å². The van der Waals surface area contributed by atoms with Gasteiger partial charge in [0.25, 0.3) is 0 Å². The van der Waals surface area contributed by atoms with Crippen LogP contribution < -0.4 is 5.14 Å². The molecule has 6 heteroatoms. The van der Waals surface area contributed by atoms with E-state index >= 15 is 0 Å². The number of hydrogen-bond donors (Lipinski definition) is 1. The van der Waals surface area contributed by atoms with Gasteiger partial charge in [-0.2, -0.15) is 0 Å². The molecule has 0 spiro atoms. The van der Waals surface area contributed by atoms with Crippen LogP contribution in [0.2, 0.25) is 0 Å². The SMILES string of the molecule is COC(=O)c1cc(S(N)(=O)=O)ccc1C. The standard InChI is InChI=1S/C9H11NO4S/c1-6-3-4-7(15(10,12)13)5-8(6)9(11)14-2/h3-5H,1-2H3,(H2,10,12,13). The molecule has 0 atom stereocenters. The van der Waals surface area contributed by atoms with Crippen molar-refractivity contribution < 1.29 is 17.9 Å². The summed E-state index contributed by atoms with van der Waals surface area (Å²) in [6.45, 7) is 1.68. The Morgan fingerprint density at radius 2 is 2.00 bits per heavy atom. The van der Waals surface area contributed by atoms with Crippen LogP contribution in [0.25, 0.3) is 0 Å². The maximum absolute atomic E-state index is 11.3. The summed E-state index contributed by atoms with van der Waals surface area (Å²) < 4.78 is 26.6. The van der Waals surface area contributed by atoms with E-state index in [9.17, 15) is 13.2 Å². The summed E-state index contributed by atoms with van der Waals surface area (Å²) in [5.41, 5.74) is 0.832. The Balaban J connectivity index is 3.36. The van der Waals surface area contributed by atoms with Crippen LogP contribution in [0.5, 0.6) is 0 Å². The molecule has 0 unspecified atom stereocenters. The molecule has 0 aliphatic carbocycles. The number of hydrogen-bond acceptors (Lipinski definition) is 4. The molecule has 0 radical (unpaired) electrons. The molecular weight excluding hydrogens is 218 g/mol. The topological polar surface area (TPSA) is 86.5 Å². The van der Waals surface area contributed by atoms with Crippen molar-refractivity contribution in [3.05, 3.63) is 29.3 Å². The van der Waals surface area contributed by atoms with E-state index in [0.29, 0.717) is 5.56 Å². The van der Waals surface area contributed by atoms with E-state index in [1.165, 1.54) is 25.3 Å². The molecule has 1 aromatic rings. The molecule has 0 aliphatic heterocycles. The average molecular weight is 229 g/mol. The van der Waals surface area contributed by atoms with Crippen LogP contribution >= 0.6 is 0 Å². The van der Waals surface area contributed by atoms with E-state index in [4.69, 9.17) is 5.14 Å². The number of primary sulfonamides is 1. The van der Waals surface area contributed by atoms with Gasteiger partial charge in [-0.3, -0.25) is 0 Å². The highest BCUT2D eigenvalue weighted by atomic mass is 32.2. The molecule has 0 heterocycles. The lowest BCUT2D eigenvalue weighted by molar-refractivity contribution is 0.0599. The van der Waals surface area contributed by atoms with Gasteiger partial charge in [0.05, 0.1) is 17.6 Å². The predicted molar refractivity (Wildman–Crippen MR) is 53.9 cm³/mol. The number of ether oxygens (including phenoxy) is 1. The zero-order chi connectivity index (χ0) is 11.6. The van der Waals surface area contributed by atoms with E-state index in [1.807, 2.05) is 0 Å². The first-order valence-corrected chi connectivity index (χ1v) is 5.62. The molecule has 1 aromatic carbocycles. The molecule has 5 nitrogen and oxygen atoms in total. The molecule has 0 saturated carbocycles. The minimum Gasteiger partial charge on any atom is -0.465 e. The second kappa shape index (κ2) is 4.00. The average Bonchev–Trinajstić information content (AvgIpc) is 2.15. The van der Waals surface area contributed by atoms with Gasteiger partial charge in [0.1, 0.15) is 0 Å².